The maximum atomic E-state index is 13.1. The maximum Gasteiger partial charge on any atom is 0.253 e. The summed E-state index contributed by atoms with van der Waals surface area (Å²) >= 11 is 0. The molecule has 3 heterocycles. The molecule has 7 heteroatoms. The van der Waals surface area contributed by atoms with E-state index in [4.69, 9.17) is 9.47 Å². The lowest BCUT2D eigenvalue weighted by atomic mass is 9.82. The normalized spacial score (nSPS) is 17.2. The van der Waals surface area contributed by atoms with Crippen molar-refractivity contribution in [3.05, 3.63) is 65.9 Å². The number of aromatic amines is 1. The minimum atomic E-state index is -0.565. The first-order valence-corrected chi connectivity index (χ1v) is 10.4. The van der Waals surface area contributed by atoms with E-state index in [0.717, 1.165) is 11.3 Å². The van der Waals surface area contributed by atoms with Gasteiger partial charge < -0.3 is 14.4 Å². The van der Waals surface area contributed by atoms with Gasteiger partial charge in [0.2, 0.25) is 0 Å². The van der Waals surface area contributed by atoms with Crippen LogP contribution in [0.5, 0.6) is 11.5 Å². The Morgan fingerprint density at radius 2 is 2.00 bits per heavy atom. The molecule has 0 aliphatic carbocycles. The summed E-state index contributed by atoms with van der Waals surface area (Å²) in [6.45, 7) is 1.08. The SMILES string of the molecule is COc1ccc2c(c1)OC1(CCN(C(=O)c3cccc(-c4cc[nH]n4)c3)CC1)CC2=O. The number of carbonyl (C=O) groups is 2. The highest BCUT2D eigenvalue weighted by atomic mass is 16.5. The van der Waals surface area contributed by atoms with Crippen molar-refractivity contribution in [3.8, 4) is 22.8 Å². The number of benzene rings is 2. The first-order valence-electron chi connectivity index (χ1n) is 10.4. The van der Waals surface area contributed by atoms with Crippen LogP contribution in [0.1, 0.15) is 40.0 Å². The Balaban J connectivity index is 1.31. The second-order valence-electron chi connectivity index (χ2n) is 8.08. The van der Waals surface area contributed by atoms with Crippen LogP contribution in [0.15, 0.2) is 54.7 Å². The van der Waals surface area contributed by atoms with Crippen molar-refractivity contribution in [2.45, 2.75) is 24.9 Å². The molecule has 1 aromatic heterocycles. The molecular weight excluding hydrogens is 394 g/mol. The van der Waals surface area contributed by atoms with Gasteiger partial charge in [0.15, 0.2) is 5.78 Å². The first kappa shape index (κ1) is 19.4. The number of aromatic nitrogens is 2. The number of rotatable bonds is 3. The number of ether oxygens (including phenoxy) is 2. The average Bonchev–Trinajstić information content (AvgIpc) is 3.34. The lowest BCUT2D eigenvalue weighted by Gasteiger charge is -2.44. The lowest BCUT2D eigenvalue weighted by Crippen LogP contribution is -2.52. The van der Waals surface area contributed by atoms with E-state index in [0.29, 0.717) is 55.0 Å². The third-order valence-electron chi connectivity index (χ3n) is 6.17. The van der Waals surface area contributed by atoms with Gasteiger partial charge in [-0.1, -0.05) is 12.1 Å². The number of H-pyrrole nitrogens is 1. The Morgan fingerprint density at radius 1 is 1.16 bits per heavy atom. The fourth-order valence-corrected chi connectivity index (χ4v) is 4.41. The Hall–Kier alpha value is -3.61. The molecule has 1 spiro atoms. The summed E-state index contributed by atoms with van der Waals surface area (Å²) in [6, 6.07) is 14.7. The number of hydrogen-bond acceptors (Lipinski definition) is 5. The minimum absolute atomic E-state index is 0.0172. The third kappa shape index (κ3) is 3.56. The van der Waals surface area contributed by atoms with Gasteiger partial charge in [-0.15, -0.1) is 0 Å². The van der Waals surface area contributed by atoms with Crippen LogP contribution in [0, 0.1) is 0 Å². The molecule has 2 aromatic carbocycles. The van der Waals surface area contributed by atoms with Gasteiger partial charge in [-0.25, -0.2) is 0 Å². The molecule has 2 aliphatic rings. The van der Waals surface area contributed by atoms with Crippen molar-refractivity contribution in [2.24, 2.45) is 0 Å². The van der Waals surface area contributed by atoms with Gasteiger partial charge >= 0.3 is 0 Å². The Bertz CT molecular complexity index is 1130. The van der Waals surface area contributed by atoms with Gasteiger partial charge in [0.25, 0.3) is 5.91 Å². The van der Waals surface area contributed by atoms with Crippen molar-refractivity contribution in [1.29, 1.82) is 0 Å². The molecule has 2 aliphatic heterocycles. The Kier molecular flexibility index (Phi) is 4.73. The van der Waals surface area contributed by atoms with E-state index in [1.54, 1.807) is 31.5 Å². The van der Waals surface area contributed by atoms with Crippen molar-refractivity contribution < 1.29 is 19.1 Å². The zero-order chi connectivity index (χ0) is 21.4. The van der Waals surface area contributed by atoms with E-state index in [-0.39, 0.29) is 11.7 Å². The van der Waals surface area contributed by atoms with E-state index in [9.17, 15) is 9.59 Å². The van der Waals surface area contributed by atoms with Crippen molar-refractivity contribution in [1.82, 2.24) is 15.1 Å². The van der Waals surface area contributed by atoms with E-state index in [2.05, 4.69) is 10.2 Å². The number of piperidine rings is 1. The second kappa shape index (κ2) is 7.58. The summed E-state index contributed by atoms with van der Waals surface area (Å²) in [4.78, 5) is 27.7. The van der Waals surface area contributed by atoms with Crippen LogP contribution >= 0.6 is 0 Å². The smallest absolute Gasteiger partial charge is 0.253 e. The third-order valence-corrected chi connectivity index (χ3v) is 6.17. The number of Topliss-reactive ketones (excluding diaryl/α,β-unsaturated/α-hetero) is 1. The highest BCUT2D eigenvalue weighted by Crippen LogP contribution is 2.41. The number of amides is 1. The van der Waals surface area contributed by atoms with Crippen LogP contribution in [0.2, 0.25) is 0 Å². The number of methoxy groups -OCH3 is 1. The molecule has 0 saturated carbocycles. The lowest BCUT2D eigenvalue weighted by molar-refractivity contribution is -0.00580. The first-order chi connectivity index (χ1) is 15.1. The van der Waals surface area contributed by atoms with E-state index in [1.807, 2.05) is 35.2 Å². The van der Waals surface area contributed by atoms with Crippen LogP contribution < -0.4 is 9.47 Å². The molecule has 3 aromatic rings. The van der Waals surface area contributed by atoms with Crippen LogP contribution in [0.4, 0.5) is 0 Å². The molecular formula is C24H23N3O4. The average molecular weight is 417 g/mol. The fourth-order valence-electron chi connectivity index (χ4n) is 4.41. The molecule has 1 saturated heterocycles. The molecule has 1 fully saturated rings. The van der Waals surface area contributed by atoms with Crippen molar-refractivity contribution >= 4 is 11.7 Å². The molecule has 0 bridgehead atoms. The molecule has 0 atom stereocenters. The summed E-state index contributed by atoms with van der Waals surface area (Å²) in [7, 11) is 1.59. The molecule has 7 nitrogen and oxygen atoms in total. The number of nitrogens with one attached hydrogen (secondary N) is 1. The maximum absolute atomic E-state index is 13.1. The second-order valence-corrected chi connectivity index (χ2v) is 8.08. The number of ketones is 1. The van der Waals surface area contributed by atoms with Crippen LogP contribution in [-0.4, -0.2) is 52.6 Å². The Labute approximate surface area is 180 Å². The van der Waals surface area contributed by atoms with E-state index in [1.165, 1.54) is 0 Å². The summed E-state index contributed by atoms with van der Waals surface area (Å²) in [6.07, 6.45) is 3.32. The largest absolute Gasteiger partial charge is 0.497 e. The van der Waals surface area contributed by atoms with Crippen molar-refractivity contribution in [3.63, 3.8) is 0 Å². The fraction of sp³-hybridized carbons (Fsp3) is 0.292. The molecule has 31 heavy (non-hydrogen) atoms. The number of likely N-dealkylation sites (tertiary alicyclic amines) is 1. The number of nitrogens with zero attached hydrogens (tertiary/aromatic N) is 2. The van der Waals surface area contributed by atoms with Crippen LogP contribution in [-0.2, 0) is 0 Å². The summed E-state index contributed by atoms with van der Waals surface area (Å²) < 4.78 is 11.6. The predicted molar refractivity (Wildman–Crippen MR) is 114 cm³/mol. The molecule has 1 N–H and O–H groups in total. The number of fused-ring (bicyclic) bond motifs is 1. The topological polar surface area (TPSA) is 84.5 Å². The molecule has 1 amide bonds. The highest BCUT2D eigenvalue weighted by molar-refractivity contribution is 6.00. The summed E-state index contributed by atoms with van der Waals surface area (Å²) in [5, 5.41) is 6.98. The van der Waals surface area contributed by atoms with Crippen molar-refractivity contribution in [2.75, 3.05) is 20.2 Å². The van der Waals surface area contributed by atoms with Gasteiger partial charge in [0.1, 0.15) is 17.1 Å². The monoisotopic (exact) mass is 417 g/mol. The zero-order valence-corrected chi connectivity index (χ0v) is 17.3. The van der Waals surface area contributed by atoms with Crippen LogP contribution in [0.25, 0.3) is 11.3 Å². The van der Waals surface area contributed by atoms with Gasteiger partial charge in [0.05, 0.1) is 24.8 Å². The molecule has 158 valence electrons. The quantitative estimate of drug-likeness (QED) is 0.702. The van der Waals surface area contributed by atoms with Gasteiger partial charge in [-0.2, -0.15) is 5.10 Å². The van der Waals surface area contributed by atoms with E-state index >= 15 is 0 Å². The summed E-state index contributed by atoms with van der Waals surface area (Å²) in [5.74, 6) is 1.29. The highest BCUT2D eigenvalue weighted by Gasteiger charge is 2.43. The van der Waals surface area contributed by atoms with Crippen LogP contribution in [0.3, 0.4) is 0 Å². The minimum Gasteiger partial charge on any atom is -0.497 e. The number of hydrogen-bond donors (Lipinski definition) is 1. The van der Waals surface area contributed by atoms with E-state index < -0.39 is 5.60 Å². The molecule has 5 rings (SSSR count). The van der Waals surface area contributed by atoms with Gasteiger partial charge in [0, 0.05) is 49.3 Å². The molecule has 0 unspecified atom stereocenters. The zero-order valence-electron chi connectivity index (χ0n) is 17.3. The van der Waals surface area contributed by atoms with Gasteiger partial charge in [-0.05, 0) is 30.3 Å². The Morgan fingerprint density at radius 3 is 2.74 bits per heavy atom. The van der Waals surface area contributed by atoms with Gasteiger partial charge in [-0.3, -0.25) is 14.7 Å². The summed E-state index contributed by atoms with van der Waals surface area (Å²) in [5.41, 5.74) is 2.36. The molecule has 0 radical (unpaired) electrons. The number of carbonyl (C=O) groups excluding carboxylic acids is 2. The predicted octanol–water partition coefficient (Wildman–Crippen LogP) is 3.73. The standard InChI is InChI=1S/C24H23N3O4/c1-30-18-5-6-19-21(28)15-24(31-22(19)14-18)8-11-27(12-9-24)23(29)17-4-2-3-16(13-17)20-7-10-25-26-20/h2-7,10,13-14H,8-9,11-12,15H2,1H3,(H,25,26).